The SMILES string of the molecule is CCSC1CCCC1Nc1ncnc(N)c1[N+](=O)[O-]. The minimum atomic E-state index is -0.533. The molecular formula is C11H17N5O2S. The molecule has 0 spiro atoms. The van der Waals surface area contributed by atoms with Crippen molar-refractivity contribution in [3.8, 4) is 0 Å². The maximum atomic E-state index is 11.0. The Morgan fingerprint density at radius 2 is 2.37 bits per heavy atom. The van der Waals surface area contributed by atoms with Crippen molar-refractivity contribution in [2.75, 3.05) is 16.8 Å². The standard InChI is InChI=1S/C11H17N5O2S/c1-2-19-8-5-3-4-7(8)15-11-9(16(17)18)10(12)13-6-14-11/h6-8H,2-5H2,1H3,(H3,12,13,14,15). The van der Waals surface area contributed by atoms with Crippen LogP contribution in [0.4, 0.5) is 17.3 Å². The Labute approximate surface area is 115 Å². The number of aromatic nitrogens is 2. The van der Waals surface area contributed by atoms with E-state index >= 15 is 0 Å². The number of hydrogen-bond acceptors (Lipinski definition) is 7. The van der Waals surface area contributed by atoms with Crippen LogP contribution in [0, 0.1) is 10.1 Å². The fraction of sp³-hybridized carbons (Fsp3) is 0.636. The maximum absolute atomic E-state index is 11.0. The molecule has 1 aromatic heterocycles. The van der Waals surface area contributed by atoms with Gasteiger partial charge in [0, 0.05) is 11.3 Å². The first-order valence-corrected chi connectivity index (χ1v) is 7.31. The van der Waals surface area contributed by atoms with Gasteiger partial charge in [-0.3, -0.25) is 10.1 Å². The molecule has 0 saturated heterocycles. The molecule has 7 nitrogen and oxygen atoms in total. The molecular weight excluding hydrogens is 266 g/mol. The van der Waals surface area contributed by atoms with Gasteiger partial charge in [-0.1, -0.05) is 13.3 Å². The summed E-state index contributed by atoms with van der Waals surface area (Å²) in [7, 11) is 0. The average molecular weight is 283 g/mol. The molecule has 0 aromatic carbocycles. The third-order valence-corrected chi connectivity index (χ3v) is 4.51. The number of hydrogen-bond donors (Lipinski definition) is 2. The number of thioether (sulfide) groups is 1. The zero-order chi connectivity index (χ0) is 13.8. The molecule has 2 atom stereocenters. The lowest BCUT2D eigenvalue weighted by Gasteiger charge is -2.20. The largest absolute Gasteiger partial charge is 0.378 e. The van der Waals surface area contributed by atoms with Crippen LogP contribution in [-0.4, -0.2) is 31.9 Å². The Morgan fingerprint density at radius 1 is 1.58 bits per heavy atom. The van der Waals surface area contributed by atoms with Gasteiger partial charge in [0.15, 0.2) is 0 Å². The first-order valence-electron chi connectivity index (χ1n) is 6.26. The number of nitrogens with one attached hydrogen (secondary N) is 1. The van der Waals surface area contributed by atoms with Crippen molar-refractivity contribution in [1.29, 1.82) is 0 Å². The predicted octanol–water partition coefficient (Wildman–Crippen LogP) is 2.05. The van der Waals surface area contributed by atoms with E-state index < -0.39 is 4.92 Å². The third-order valence-electron chi connectivity index (χ3n) is 3.19. The van der Waals surface area contributed by atoms with Gasteiger partial charge < -0.3 is 11.1 Å². The highest BCUT2D eigenvalue weighted by Gasteiger charge is 2.30. The molecule has 0 amide bonds. The van der Waals surface area contributed by atoms with Gasteiger partial charge >= 0.3 is 5.69 Å². The average Bonchev–Trinajstić information content (AvgIpc) is 2.77. The van der Waals surface area contributed by atoms with Gasteiger partial charge in [-0.15, -0.1) is 0 Å². The third kappa shape index (κ3) is 3.06. The number of rotatable bonds is 5. The Morgan fingerprint density at radius 3 is 3.05 bits per heavy atom. The second-order valence-electron chi connectivity index (χ2n) is 4.39. The molecule has 1 aliphatic carbocycles. The summed E-state index contributed by atoms with van der Waals surface area (Å²) in [4.78, 5) is 18.1. The normalized spacial score (nSPS) is 22.4. The zero-order valence-electron chi connectivity index (χ0n) is 10.7. The Balaban J connectivity index is 2.19. The Hall–Kier alpha value is -1.57. The quantitative estimate of drug-likeness (QED) is 0.629. The topological polar surface area (TPSA) is 107 Å². The van der Waals surface area contributed by atoms with E-state index in [1.54, 1.807) is 0 Å². The van der Waals surface area contributed by atoms with Crippen LogP contribution in [0.5, 0.6) is 0 Å². The molecule has 1 aromatic rings. The predicted molar refractivity (Wildman–Crippen MR) is 76.3 cm³/mol. The van der Waals surface area contributed by atoms with Crippen LogP contribution in [0.2, 0.25) is 0 Å². The van der Waals surface area contributed by atoms with Crippen LogP contribution in [-0.2, 0) is 0 Å². The first kappa shape index (κ1) is 13.9. The number of nitrogens with two attached hydrogens (primary N) is 1. The second kappa shape index (κ2) is 6.05. The highest BCUT2D eigenvalue weighted by Crippen LogP contribution is 2.34. The van der Waals surface area contributed by atoms with Crippen molar-refractivity contribution in [2.45, 2.75) is 37.5 Å². The van der Waals surface area contributed by atoms with E-state index in [9.17, 15) is 10.1 Å². The number of nitrogens with zero attached hydrogens (tertiary/aromatic N) is 3. The lowest BCUT2D eigenvalue weighted by molar-refractivity contribution is -0.383. The van der Waals surface area contributed by atoms with E-state index in [0.29, 0.717) is 5.25 Å². The van der Waals surface area contributed by atoms with Gasteiger partial charge in [-0.05, 0) is 18.6 Å². The lowest BCUT2D eigenvalue weighted by Crippen LogP contribution is -2.27. The number of nitro groups is 1. The zero-order valence-corrected chi connectivity index (χ0v) is 11.5. The molecule has 0 radical (unpaired) electrons. The van der Waals surface area contributed by atoms with E-state index in [1.165, 1.54) is 6.33 Å². The van der Waals surface area contributed by atoms with Crippen molar-refractivity contribution in [2.24, 2.45) is 0 Å². The molecule has 8 heteroatoms. The van der Waals surface area contributed by atoms with E-state index in [0.717, 1.165) is 25.0 Å². The van der Waals surface area contributed by atoms with Crippen molar-refractivity contribution in [1.82, 2.24) is 9.97 Å². The molecule has 1 fully saturated rings. The minimum Gasteiger partial charge on any atom is -0.378 e. The summed E-state index contributed by atoms with van der Waals surface area (Å²) in [6.07, 6.45) is 4.51. The molecule has 0 aliphatic heterocycles. The fourth-order valence-corrected chi connectivity index (χ4v) is 3.56. The summed E-state index contributed by atoms with van der Waals surface area (Å²) in [5.74, 6) is 1.17. The monoisotopic (exact) mass is 283 g/mol. The molecule has 104 valence electrons. The van der Waals surface area contributed by atoms with Crippen molar-refractivity contribution < 1.29 is 4.92 Å². The van der Waals surface area contributed by atoms with Crippen molar-refractivity contribution >= 4 is 29.1 Å². The summed E-state index contributed by atoms with van der Waals surface area (Å²) in [6.45, 7) is 2.12. The minimum absolute atomic E-state index is 0.0970. The van der Waals surface area contributed by atoms with E-state index in [4.69, 9.17) is 5.73 Å². The fourth-order valence-electron chi connectivity index (χ4n) is 2.36. The molecule has 2 rings (SSSR count). The van der Waals surface area contributed by atoms with Gasteiger partial charge in [-0.2, -0.15) is 11.8 Å². The molecule has 1 aliphatic rings. The summed E-state index contributed by atoms with van der Waals surface area (Å²) >= 11 is 1.88. The van der Waals surface area contributed by atoms with Crippen LogP contribution in [0.15, 0.2) is 6.33 Å². The summed E-state index contributed by atoms with van der Waals surface area (Å²) < 4.78 is 0. The van der Waals surface area contributed by atoms with E-state index in [2.05, 4.69) is 22.2 Å². The van der Waals surface area contributed by atoms with Crippen LogP contribution < -0.4 is 11.1 Å². The van der Waals surface area contributed by atoms with Crippen molar-refractivity contribution in [3.05, 3.63) is 16.4 Å². The van der Waals surface area contributed by atoms with Crippen LogP contribution in [0.25, 0.3) is 0 Å². The van der Waals surface area contributed by atoms with Crippen molar-refractivity contribution in [3.63, 3.8) is 0 Å². The molecule has 19 heavy (non-hydrogen) atoms. The summed E-state index contributed by atoms with van der Waals surface area (Å²) in [6, 6.07) is 0.206. The second-order valence-corrected chi connectivity index (χ2v) is 5.90. The Bertz CT molecular complexity index is 470. The molecule has 3 N–H and O–H groups in total. The van der Waals surface area contributed by atoms with Crippen LogP contribution in [0.1, 0.15) is 26.2 Å². The molecule has 2 unspecified atom stereocenters. The molecule has 0 bridgehead atoms. The smallest absolute Gasteiger partial charge is 0.352 e. The van der Waals surface area contributed by atoms with Gasteiger partial charge in [0.05, 0.1) is 4.92 Å². The van der Waals surface area contributed by atoms with Gasteiger partial charge in [0.1, 0.15) is 6.33 Å². The van der Waals surface area contributed by atoms with Gasteiger partial charge in [-0.25, -0.2) is 9.97 Å². The van der Waals surface area contributed by atoms with Gasteiger partial charge in [0.25, 0.3) is 0 Å². The summed E-state index contributed by atoms with van der Waals surface area (Å²) in [5, 5.41) is 14.7. The maximum Gasteiger partial charge on any atom is 0.352 e. The van der Waals surface area contributed by atoms with E-state index in [-0.39, 0.29) is 23.4 Å². The molecule has 1 saturated carbocycles. The summed E-state index contributed by atoms with van der Waals surface area (Å²) in [5.41, 5.74) is 5.32. The van der Waals surface area contributed by atoms with Crippen LogP contribution in [0.3, 0.4) is 0 Å². The number of anilines is 2. The highest BCUT2D eigenvalue weighted by atomic mass is 32.2. The number of nitrogen functional groups attached to an aromatic ring is 1. The lowest BCUT2D eigenvalue weighted by atomic mass is 10.2. The van der Waals surface area contributed by atoms with Crippen LogP contribution >= 0.6 is 11.8 Å². The van der Waals surface area contributed by atoms with Gasteiger partial charge in [0.2, 0.25) is 11.6 Å². The Kier molecular flexibility index (Phi) is 4.41. The molecule has 1 heterocycles. The van der Waals surface area contributed by atoms with E-state index in [1.807, 2.05) is 11.8 Å². The first-order chi connectivity index (χ1) is 9.13. The highest BCUT2D eigenvalue weighted by molar-refractivity contribution is 7.99.